The van der Waals surface area contributed by atoms with Gasteiger partial charge in [-0.2, -0.15) is 0 Å². The Kier molecular flexibility index (Phi) is 6.08. The van der Waals surface area contributed by atoms with Gasteiger partial charge in [0, 0.05) is 24.4 Å². The first-order chi connectivity index (χ1) is 13.4. The highest BCUT2D eigenvalue weighted by molar-refractivity contribution is 7.89. The summed E-state index contributed by atoms with van der Waals surface area (Å²) in [4.78, 5) is 12.6. The van der Waals surface area contributed by atoms with Crippen LogP contribution < -0.4 is 10.0 Å². The van der Waals surface area contributed by atoms with E-state index in [0.29, 0.717) is 11.3 Å². The van der Waals surface area contributed by atoms with Gasteiger partial charge in [-0.1, -0.05) is 30.3 Å². The third kappa shape index (κ3) is 4.75. The topological polar surface area (TPSA) is 84.5 Å². The normalized spacial score (nSPS) is 12.6. The molecule has 1 amide bonds. The molecule has 28 heavy (non-hydrogen) atoms. The van der Waals surface area contributed by atoms with Crippen molar-refractivity contribution in [1.82, 2.24) is 4.72 Å². The summed E-state index contributed by atoms with van der Waals surface area (Å²) in [6.07, 6.45) is 0. The molecule has 0 fully saturated rings. The number of carbonyl (C=O) groups excluding carboxylic acids is 1. The molecule has 0 aliphatic heterocycles. The van der Waals surface area contributed by atoms with Crippen LogP contribution in [0.3, 0.4) is 0 Å². The zero-order valence-electron chi connectivity index (χ0n) is 15.7. The molecule has 2 N–H and O–H groups in total. The average Bonchev–Trinajstić information content (AvgIpc) is 2.67. The van der Waals surface area contributed by atoms with E-state index in [0.717, 1.165) is 10.8 Å². The van der Waals surface area contributed by atoms with Gasteiger partial charge in [0.05, 0.1) is 11.5 Å². The Morgan fingerprint density at radius 1 is 1.00 bits per heavy atom. The minimum absolute atomic E-state index is 0.124. The first-order valence-electron chi connectivity index (χ1n) is 8.80. The van der Waals surface area contributed by atoms with Crippen LogP contribution in [0, 0.1) is 0 Å². The summed E-state index contributed by atoms with van der Waals surface area (Å²) in [5.74, 6) is -0.256. The number of carbonyl (C=O) groups is 1. The molecule has 1 atom stereocenters. The lowest BCUT2D eigenvalue weighted by Gasteiger charge is -2.13. The standard InChI is InChI=1S/C21H22N2O4S/c1-15(14-27-2)23-28(25,26)20-11-9-19(10-12-20)22-21(24)18-8-7-16-5-3-4-6-17(16)13-18/h3-13,15,23H,14H2,1-2H3,(H,22,24). The molecule has 146 valence electrons. The largest absolute Gasteiger partial charge is 0.383 e. The quantitative estimate of drug-likeness (QED) is 0.639. The number of hydrogen-bond donors (Lipinski definition) is 2. The molecule has 3 aromatic rings. The maximum absolute atomic E-state index is 12.5. The number of amides is 1. The predicted molar refractivity (Wildman–Crippen MR) is 110 cm³/mol. The molecule has 0 aromatic heterocycles. The second kappa shape index (κ2) is 8.52. The molecule has 1 unspecified atom stereocenters. The van der Waals surface area contributed by atoms with Gasteiger partial charge >= 0.3 is 0 Å². The molecule has 6 nitrogen and oxygen atoms in total. The molecule has 0 bridgehead atoms. The van der Waals surface area contributed by atoms with Crippen molar-refractivity contribution < 1.29 is 17.9 Å². The van der Waals surface area contributed by atoms with E-state index < -0.39 is 10.0 Å². The molecule has 0 saturated carbocycles. The summed E-state index contributed by atoms with van der Waals surface area (Å²) in [5.41, 5.74) is 1.05. The van der Waals surface area contributed by atoms with Crippen LogP contribution in [-0.2, 0) is 14.8 Å². The summed E-state index contributed by atoms with van der Waals surface area (Å²) < 4.78 is 32.2. The van der Waals surface area contributed by atoms with Crippen molar-refractivity contribution in [3.8, 4) is 0 Å². The Morgan fingerprint density at radius 3 is 2.36 bits per heavy atom. The van der Waals surface area contributed by atoms with Crippen LogP contribution in [-0.4, -0.2) is 34.1 Å². The minimum Gasteiger partial charge on any atom is -0.383 e. The fraction of sp³-hybridized carbons (Fsp3) is 0.190. The maximum Gasteiger partial charge on any atom is 0.255 e. The van der Waals surface area contributed by atoms with Crippen molar-refractivity contribution in [3.05, 3.63) is 72.3 Å². The third-order valence-electron chi connectivity index (χ3n) is 4.21. The first-order valence-corrected chi connectivity index (χ1v) is 10.3. The van der Waals surface area contributed by atoms with Gasteiger partial charge in [0.1, 0.15) is 0 Å². The van der Waals surface area contributed by atoms with Gasteiger partial charge < -0.3 is 10.1 Å². The van der Waals surface area contributed by atoms with E-state index in [4.69, 9.17) is 4.74 Å². The maximum atomic E-state index is 12.5. The van der Waals surface area contributed by atoms with Crippen molar-refractivity contribution in [2.24, 2.45) is 0 Å². The lowest BCUT2D eigenvalue weighted by Crippen LogP contribution is -2.35. The second-order valence-electron chi connectivity index (χ2n) is 6.52. The van der Waals surface area contributed by atoms with Crippen LogP contribution in [0.1, 0.15) is 17.3 Å². The summed E-state index contributed by atoms with van der Waals surface area (Å²) in [5, 5.41) is 4.83. The van der Waals surface area contributed by atoms with Gasteiger partial charge in [0.15, 0.2) is 0 Å². The predicted octanol–water partition coefficient (Wildman–Crippen LogP) is 3.41. The van der Waals surface area contributed by atoms with E-state index in [1.807, 2.05) is 36.4 Å². The summed E-state index contributed by atoms with van der Waals surface area (Å²) >= 11 is 0. The minimum atomic E-state index is -3.65. The molecule has 3 aromatic carbocycles. The van der Waals surface area contributed by atoms with Crippen LogP contribution in [0.2, 0.25) is 0 Å². The van der Waals surface area contributed by atoms with E-state index in [9.17, 15) is 13.2 Å². The zero-order valence-corrected chi connectivity index (χ0v) is 16.5. The van der Waals surface area contributed by atoms with Crippen molar-refractivity contribution in [3.63, 3.8) is 0 Å². The highest BCUT2D eigenvalue weighted by atomic mass is 32.2. The monoisotopic (exact) mass is 398 g/mol. The lowest BCUT2D eigenvalue weighted by molar-refractivity contribution is 0.102. The first kappa shape index (κ1) is 20.0. The number of ether oxygens (including phenoxy) is 1. The average molecular weight is 398 g/mol. The van der Waals surface area contributed by atoms with Gasteiger partial charge in [-0.3, -0.25) is 4.79 Å². The Bertz CT molecular complexity index is 1080. The number of fused-ring (bicyclic) bond motifs is 1. The highest BCUT2D eigenvalue weighted by Crippen LogP contribution is 2.18. The lowest BCUT2D eigenvalue weighted by atomic mass is 10.1. The van der Waals surface area contributed by atoms with Crippen molar-refractivity contribution in [2.75, 3.05) is 19.0 Å². The van der Waals surface area contributed by atoms with E-state index >= 15 is 0 Å². The highest BCUT2D eigenvalue weighted by Gasteiger charge is 2.17. The Balaban J connectivity index is 1.71. The third-order valence-corrected chi connectivity index (χ3v) is 5.81. The SMILES string of the molecule is COCC(C)NS(=O)(=O)c1ccc(NC(=O)c2ccc3ccccc3c2)cc1. The molecule has 3 rings (SSSR count). The molecule has 0 heterocycles. The summed E-state index contributed by atoms with van der Waals surface area (Å²) in [6.45, 7) is 2.00. The van der Waals surface area contributed by atoms with E-state index in [2.05, 4.69) is 10.0 Å². The number of nitrogens with one attached hydrogen (secondary N) is 2. The molecular weight excluding hydrogens is 376 g/mol. The summed E-state index contributed by atoms with van der Waals surface area (Å²) in [6, 6.07) is 19.0. The van der Waals surface area contributed by atoms with E-state index in [1.165, 1.54) is 19.2 Å². The Hall–Kier alpha value is -2.74. The second-order valence-corrected chi connectivity index (χ2v) is 8.23. The zero-order chi connectivity index (χ0) is 20.1. The van der Waals surface area contributed by atoms with Gasteiger partial charge in [0.25, 0.3) is 5.91 Å². The number of methoxy groups -OCH3 is 1. The van der Waals surface area contributed by atoms with Crippen LogP contribution >= 0.6 is 0 Å². The van der Waals surface area contributed by atoms with Gasteiger partial charge in [-0.15, -0.1) is 0 Å². The van der Waals surface area contributed by atoms with Gasteiger partial charge in [-0.25, -0.2) is 13.1 Å². The van der Waals surface area contributed by atoms with Crippen molar-refractivity contribution in [1.29, 1.82) is 0 Å². The van der Waals surface area contributed by atoms with Gasteiger partial charge in [0.2, 0.25) is 10.0 Å². The van der Waals surface area contributed by atoms with E-state index in [1.54, 1.807) is 25.1 Å². The fourth-order valence-corrected chi connectivity index (χ4v) is 4.10. The van der Waals surface area contributed by atoms with Crippen LogP contribution in [0.25, 0.3) is 10.8 Å². The molecular formula is C21H22N2O4S. The molecule has 0 spiro atoms. The summed E-state index contributed by atoms with van der Waals surface area (Å²) in [7, 11) is -2.13. The van der Waals surface area contributed by atoms with Gasteiger partial charge in [-0.05, 0) is 54.1 Å². The molecule has 0 saturated heterocycles. The van der Waals surface area contributed by atoms with Crippen molar-refractivity contribution >= 4 is 32.4 Å². The Labute approximate surface area is 164 Å². The van der Waals surface area contributed by atoms with Crippen molar-refractivity contribution in [2.45, 2.75) is 17.9 Å². The number of anilines is 1. The number of sulfonamides is 1. The van der Waals surface area contributed by atoms with Crippen LogP contribution in [0.4, 0.5) is 5.69 Å². The molecule has 0 aliphatic carbocycles. The molecule has 0 aliphatic rings. The fourth-order valence-electron chi connectivity index (χ4n) is 2.87. The molecule has 0 radical (unpaired) electrons. The molecule has 7 heteroatoms. The Morgan fingerprint density at radius 2 is 1.68 bits per heavy atom. The van der Waals surface area contributed by atoms with Crippen LogP contribution in [0.5, 0.6) is 0 Å². The smallest absolute Gasteiger partial charge is 0.255 e. The number of benzene rings is 3. The van der Waals surface area contributed by atoms with Crippen LogP contribution in [0.15, 0.2) is 71.6 Å². The number of hydrogen-bond acceptors (Lipinski definition) is 4. The van der Waals surface area contributed by atoms with E-state index in [-0.39, 0.29) is 23.5 Å². The number of rotatable bonds is 7.